The molecule has 2 aromatic rings. The number of esters is 1. The van der Waals surface area contributed by atoms with Gasteiger partial charge in [0.25, 0.3) is 10.9 Å². The lowest BCUT2D eigenvalue weighted by Gasteiger charge is -1.98. The van der Waals surface area contributed by atoms with E-state index in [-0.39, 0.29) is 23.4 Å². The minimum atomic E-state index is -0.674. The maximum atomic E-state index is 11.3. The maximum absolute atomic E-state index is 11.3. The van der Waals surface area contributed by atoms with Crippen molar-refractivity contribution in [2.75, 3.05) is 6.61 Å². The summed E-state index contributed by atoms with van der Waals surface area (Å²) in [4.78, 5) is 21.6. The first-order valence-electron chi connectivity index (χ1n) is 5.97. The number of non-ortho nitro benzene ring substituents is 1. The normalized spacial score (nSPS) is 10.3. The fraction of sp³-hybridized carbons (Fsp3) is 0.250. The number of hydrogen-bond donors (Lipinski definition) is 0. The van der Waals surface area contributed by atoms with Crippen molar-refractivity contribution < 1.29 is 18.9 Å². The Kier molecular flexibility index (Phi) is 4.88. The Morgan fingerprint density at radius 2 is 2.29 bits per heavy atom. The van der Waals surface area contributed by atoms with Crippen LogP contribution in [0, 0.1) is 10.1 Å². The Hall–Kier alpha value is -2.42. The van der Waals surface area contributed by atoms with Crippen molar-refractivity contribution in [2.24, 2.45) is 0 Å². The molecule has 0 N–H and O–H groups in total. The SMILES string of the molecule is CCOC(=O)c1nnc(SCc2cccc([N+](=O)[O-])c2)o1. The Balaban J connectivity index is 1.98. The molecule has 0 amide bonds. The molecule has 0 aliphatic heterocycles. The number of hydrogen-bond acceptors (Lipinski definition) is 8. The largest absolute Gasteiger partial charge is 0.459 e. The molecule has 0 aliphatic rings. The standard InChI is InChI=1S/C12H11N3O5S/c1-2-19-11(16)10-13-14-12(20-10)21-7-8-4-3-5-9(6-8)15(17)18/h3-6H,2,7H2,1H3. The van der Waals surface area contributed by atoms with E-state index in [0.717, 1.165) is 5.56 Å². The number of benzene rings is 1. The molecular formula is C12H11N3O5S. The van der Waals surface area contributed by atoms with E-state index in [2.05, 4.69) is 10.2 Å². The van der Waals surface area contributed by atoms with Crippen molar-refractivity contribution in [1.29, 1.82) is 0 Å². The summed E-state index contributed by atoms with van der Waals surface area (Å²) >= 11 is 1.18. The van der Waals surface area contributed by atoms with Crippen molar-refractivity contribution in [3.05, 3.63) is 45.8 Å². The monoisotopic (exact) mass is 309 g/mol. The molecule has 0 spiro atoms. The van der Waals surface area contributed by atoms with Gasteiger partial charge in [0.05, 0.1) is 11.5 Å². The van der Waals surface area contributed by atoms with Gasteiger partial charge in [0, 0.05) is 17.9 Å². The van der Waals surface area contributed by atoms with Crippen molar-refractivity contribution in [1.82, 2.24) is 10.2 Å². The number of carbonyl (C=O) groups excluding carboxylic acids is 1. The molecule has 1 heterocycles. The van der Waals surface area contributed by atoms with Crippen LogP contribution >= 0.6 is 11.8 Å². The summed E-state index contributed by atoms with van der Waals surface area (Å²) in [7, 11) is 0. The lowest BCUT2D eigenvalue weighted by atomic mass is 10.2. The van der Waals surface area contributed by atoms with Gasteiger partial charge in [-0.1, -0.05) is 29.0 Å². The topological polar surface area (TPSA) is 108 Å². The van der Waals surface area contributed by atoms with E-state index in [1.165, 1.54) is 23.9 Å². The van der Waals surface area contributed by atoms with Gasteiger partial charge < -0.3 is 9.15 Å². The third-order valence-corrected chi connectivity index (χ3v) is 3.23. The first-order valence-corrected chi connectivity index (χ1v) is 6.95. The van der Waals surface area contributed by atoms with Crippen LogP contribution in [0.25, 0.3) is 0 Å². The first-order chi connectivity index (χ1) is 10.1. The Labute approximate surface area is 123 Å². The minimum Gasteiger partial charge on any atom is -0.459 e. The first kappa shape index (κ1) is 15.0. The van der Waals surface area contributed by atoms with Crippen LogP contribution in [0.4, 0.5) is 5.69 Å². The molecule has 9 heteroatoms. The summed E-state index contributed by atoms with van der Waals surface area (Å²) in [5, 5.41) is 18.1. The van der Waals surface area contributed by atoms with Crippen LogP contribution < -0.4 is 0 Å². The summed E-state index contributed by atoms with van der Waals surface area (Å²) in [6.07, 6.45) is 0. The van der Waals surface area contributed by atoms with E-state index in [1.54, 1.807) is 19.1 Å². The number of rotatable bonds is 6. The van der Waals surface area contributed by atoms with E-state index in [0.29, 0.717) is 5.75 Å². The highest BCUT2D eigenvalue weighted by atomic mass is 32.2. The summed E-state index contributed by atoms with van der Waals surface area (Å²) in [5.74, 6) is -0.475. The summed E-state index contributed by atoms with van der Waals surface area (Å²) in [5.41, 5.74) is 0.760. The van der Waals surface area contributed by atoms with Crippen molar-refractivity contribution in [2.45, 2.75) is 17.9 Å². The average Bonchev–Trinajstić information content (AvgIpc) is 2.95. The van der Waals surface area contributed by atoms with Crippen LogP contribution in [-0.2, 0) is 10.5 Å². The molecule has 0 saturated carbocycles. The molecule has 110 valence electrons. The minimum absolute atomic E-state index is 0.0193. The van der Waals surface area contributed by atoms with Crippen molar-refractivity contribution in [3.8, 4) is 0 Å². The molecule has 0 bridgehead atoms. The fourth-order valence-electron chi connectivity index (χ4n) is 1.45. The predicted octanol–water partition coefficient (Wildman–Crippen LogP) is 2.45. The zero-order valence-electron chi connectivity index (χ0n) is 11.0. The lowest BCUT2D eigenvalue weighted by molar-refractivity contribution is -0.384. The molecule has 1 aromatic heterocycles. The molecule has 2 rings (SSSR count). The molecule has 0 radical (unpaired) electrons. The zero-order valence-corrected chi connectivity index (χ0v) is 11.8. The second kappa shape index (κ2) is 6.84. The molecule has 0 unspecified atom stereocenters. The van der Waals surface area contributed by atoms with Gasteiger partial charge in [-0.3, -0.25) is 10.1 Å². The number of aromatic nitrogens is 2. The van der Waals surface area contributed by atoms with Crippen LogP contribution in [0.15, 0.2) is 33.9 Å². The van der Waals surface area contributed by atoms with Crippen LogP contribution in [-0.4, -0.2) is 27.7 Å². The number of thioether (sulfide) groups is 1. The number of nitro groups is 1. The van der Waals surface area contributed by atoms with Gasteiger partial charge in [-0.05, 0) is 12.5 Å². The van der Waals surface area contributed by atoms with Crippen molar-refractivity contribution in [3.63, 3.8) is 0 Å². The molecule has 0 saturated heterocycles. The molecule has 0 aliphatic carbocycles. The van der Waals surface area contributed by atoms with E-state index >= 15 is 0 Å². The number of carbonyl (C=O) groups is 1. The smallest absolute Gasteiger partial charge is 0.396 e. The van der Waals surface area contributed by atoms with Crippen LogP contribution in [0.1, 0.15) is 23.2 Å². The third kappa shape index (κ3) is 4.02. The van der Waals surface area contributed by atoms with Gasteiger partial charge >= 0.3 is 11.9 Å². The zero-order chi connectivity index (χ0) is 15.2. The molecule has 0 atom stereocenters. The van der Waals surface area contributed by atoms with Gasteiger partial charge in [-0.15, -0.1) is 5.10 Å². The Bertz CT molecular complexity index is 658. The molecule has 0 fully saturated rings. The predicted molar refractivity (Wildman–Crippen MR) is 72.9 cm³/mol. The van der Waals surface area contributed by atoms with E-state index in [1.807, 2.05) is 0 Å². The summed E-state index contributed by atoms with van der Waals surface area (Å²) < 4.78 is 9.86. The maximum Gasteiger partial charge on any atom is 0.396 e. The van der Waals surface area contributed by atoms with E-state index < -0.39 is 10.9 Å². The van der Waals surface area contributed by atoms with E-state index in [4.69, 9.17) is 9.15 Å². The third-order valence-electron chi connectivity index (χ3n) is 2.34. The fourth-order valence-corrected chi connectivity index (χ4v) is 2.15. The van der Waals surface area contributed by atoms with Gasteiger partial charge in [0.2, 0.25) is 0 Å². The van der Waals surface area contributed by atoms with E-state index in [9.17, 15) is 14.9 Å². The van der Waals surface area contributed by atoms with Crippen LogP contribution in [0.2, 0.25) is 0 Å². The number of ether oxygens (including phenoxy) is 1. The number of nitro benzene ring substituents is 1. The highest BCUT2D eigenvalue weighted by Gasteiger charge is 2.16. The highest BCUT2D eigenvalue weighted by Crippen LogP contribution is 2.23. The highest BCUT2D eigenvalue weighted by molar-refractivity contribution is 7.98. The second-order valence-electron chi connectivity index (χ2n) is 3.81. The molecule has 8 nitrogen and oxygen atoms in total. The lowest BCUT2D eigenvalue weighted by Crippen LogP contribution is -2.04. The van der Waals surface area contributed by atoms with Gasteiger partial charge in [-0.2, -0.15) is 0 Å². The summed E-state index contributed by atoms with van der Waals surface area (Å²) in [6, 6.07) is 6.24. The molecular weight excluding hydrogens is 298 g/mol. The second-order valence-corrected chi connectivity index (χ2v) is 4.74. The van der Waals surface area contributed by atoms with Gasteiger partial charge in [-0.25, -0.2) is 4.79 Å². The molecule has 1 aromatic carbocycles. The van der Waals surface area contributed by atoms with Crippen LogP contribution in [0.5, 0.6) is 0 Å². The van der Waals surface area contributed by atoms with Crippen LogP contribution in [0.3, 0.4) is 0 Å². The quantitative estimate of drug-likeness (QED) is 0.346. The Morgan fingerprint density at radius 3 is 3.00 bits per heavy atom. The number of nitrogens with zero attached hydrogens (tertiary/aromatic N) is 3. The summed E-state index contributed by atoms with van der Waals surface area (Å²) in [6.45, 7) is 1.89. The van der Waals surface area contributed by atoms with Crippen molar-refractivity contribution >= 4 is 23.4 Å². The molecule has 21 heavy (non-hydrogen) atoms. The van der Waals surface area contributed by atoms with Gasteiger partial charge in [0.1, 0.15) is 0 Å². The Morgan fingerprint density at radius 1 is 1.48 bits per heavy atom. The van der Waals surface area contributed by atoms with Gasteiger partial charge in [0.15, 0.2) is 0 Å². The average molecular weight is 309 g/mol.